The summed E-state index contributed by atoms with van der Waals surface area (Å²) < 4.78 is 28.2. The monoisotopic (exact) mass is 449 g/mol. The molecular formula is C25H20ClNO3S. The lowest BCUT2D eigenvalue weighted by molar-refractivity contribution is -0.120. The first-order valence-electron chi connectivity index (χ1n) is 9.77. The molecule has 0 saturated heterocycles. The second-order valence-electron chi connectivity index (χ2n) is 7.27. The van der Waals surface area contributed by atoms with Gasteiger partial charge in [-0.3, -0.25) is 4.79 Å². The standard InChI is InChI=1S/C25H20ClNO3S/c26-22-13-10-20(11-14-22)24(16-18-6-2-1-3-7-18)25(28)27-31(29,30)23-15-12-19-8-4-5-9-21(19)17-23/h1-15,17,24H,16H2,(H,27,28). The number of amides is 1. The summed E-state index contributed by atoms with van der Waals surface area (Å²) in [7, 11) is -4.03. The van der Waals surface area contributed by atoms with Crippen LogP contribution in [0.4, 0.5) is 0 Å². The number of nitrogens with one attached hydrogen (secondary N) is 1. The van der Waals surface area contributed by atoms with E-state index in [9.17, 15) is 13.2 Å². The van der Waals surface area contributed by atoms with Crippen LogP contribution in [0.25, 0.3) is 10.8 Å². The van der Waals surface area contributed by atoms with Gasteiger partial charge in [-0.15, -0.1) is 0 Å². The molecule has 31 heavy (non-hydrogen) atoms. The first kappa shape index (κ1) is 21.1. The third-order valence-electron chi connectivity index (χ3n) is 5.14. The van der Waals surface area contributed by atoms with E-state index < -0.39 is 21.8 Å². The van der Waals surface area contributed by atoms with Crippen LogP contribution in [-0.2, 0) is 21.2 Å². The van der Waals surface area contributed by atoms with Gasteiger partial charge in [-0.25, -0.2) is 13.1 Å². The van der Waals surface area contributed by atoms with Crippen molar-refractivity contribution in [3.05, 3.63) is 113 Å². The van der Waals surface area contributed by atoms with Gasteiger partial charge in [0.25, 0.3) is 10.0 Å². The number of fused-ring (bicyclic) bond motifs is 1. The number of benzene rings is 4. The molecule has 0 aliphatic heterocycles. The highest BCUT2D eigenvalue weighted by Crippen LogP contribution is 2.25. The average Bonchev–Trinajstić information content (AvgIpc) is 2.78. The molecule has 1 atom stereocenters. The van der Waals surface area contributed by atoms with Crippen LogP contribution in [0.3, 0.4) is 0 Å². The number of hydrogen-bond acceptors (Lipinski definition) is 3. The van der Waals surface area contributed by atoms with Crippen LogP contribution in [-0.4, -0.2) is 14.3 Å². The Labute approximate surface area is 186 Å². The lowest BCUT2D eigenvalue weighted by atomic mass is 9.91. The Hall–Kier alpha value is -3.15. The molecule has 0 bridgehead atoms. The highest BCUT2D eigenvalue weighted by Gasteiger charge is 2.26. The van der Waals surface area contributed by atoms with Crippen molar-refractivity contribution in [1.82, 2.24) is 4.72 Å². The topological polar surface area (TPSA) is 63.2 Å². The molecule has 0 aliphatic rings. The molecule has 0 saturated carbocycles. The lowest BCUT2D eigenvalue weighted by Crippen LogP contribution is -2.35. The fraction of sp³-hybridized carbons (Fsp3) is 0.0800. The summed E-state index contributed by atoms with van der Waals surface area (Å²) in [6, 6.07) is 28.6. The van der Waals surface area contributed by atoms with Gasteiger partial charge in [0.05, 0.1) is 10.8 Å². The summed E-state index contributed by atoms with van der Waals surface area (Å²) in [6.45, 7) is 0. The Morgan fingerprint density at radius 3 is 2.16 bits per heavy atom. The summed E-state index contributed by atoms with van der Waals surface area (Å²) in [6.07, 6.45) is 0.363. The fourth-order valence-corrected chi connectivity index (χ4v) is 4.68. The maximum absolute atomic E-state index is 13.2. The molecule has 0 aliphatic carbocycles. The second kappa shape index (κ2) is 8.92. The number of sulfonamides is 1. The number of carbonyl (C=O) groups excluding carboxylic acids is 1. The zero-order valence-electron chi connectivity index (χ0n) is 16.5. The Morgan fingerprint density at radius 1 is 0.806 bits per heavy atom. The maximum atomic E-state index is 13.2. The van der Waals surface area contributed by atoms with Gasteiger partial charge in [0, 0.05) is 5.02 Å². The SMILES string of the molecule is O=C(NS(=O)(=O)c1ccc2ccccc2c1)C(Cc1ccccc1)c1ccc(Cl)cc1. The van der Waals surface area contributed by atoms with Gasteiger partial charge >= 0.3 is 0 Å². The third kappa shape index (κ3) is 4.95. The van der Waals surface area contributed by atoms with Crippen molar-refractivity contribution >= 4 is 38.3 Å². The molecule has 4 aromatic rings. The number of rotatable bonds is 6. The van der Waals surface area contributed by atoms with E-state index in [1.807, 2.05) is 54.6 Å². The van der Waals surface area contributed by atoms with Crippen LogP contribution in [0.2, 0.25) is 5.02 Å². The van der Waals surface area contributed by atoms with Gasteiger partial charge in [-0.1, -0.05) is 84.4 Å². The van der Waals surface area contributed by atoms with Gasteiger partial charge in [-0.05, 0) is 52.6 Å². The minimum Gasteiger partial charge on any atom is -0.273 e. The summed E-state index contributed by atoms with van der Waals surface area (Å²) >= 11 is 5.99. The van der Waals surface area contributed by atoms with E-state index in [0.717, 1.165) is 16.3 Å². The van der Waals surface area contributed by atoms with E-state index in [0.29, 0.717) is 17.0 Å². The van der Waals surface area contributed by atoms with Crippen molar-refractivity contribution in [2.24, 2.45) is 0 Å². The predicted octanol–water partition coefficient (Wildman–Crippen LogP) is 5.32. The summed E-state index contributed by atoms with van der Waals surface area (Å²) in [5.74, 6) is -1.27. The van der Waals surface area contributed by atoms with Crippen LogP contribution in [0.5, 0.6) is 0 Å². The van der Waals surface area contributed by atoms with E-state index in [2.05, 4.69) is 4.72 Å². The van der Waals surface area contributed by atoms with E-state index in [-0.39, 0.29) is 4.90 Å². The summed E-state index contributed by atoms with van der Waals surface area (Å²) in [4.78, 5) is 13.2. The van der Waals surface area contributed by atoms with E-state index in [1.165, 1.54) is 6.07 Å². The van der Waals surface area contributed by atoms with Gasteiger partial charge in [-0.2, -0.15) is 0 Å². The van der Waals surface area contributed by atoms with Gasteiger partial charge < -0.3 is 0 Å². The molecule has 6 heteroatoms. The molecular weight excluding hydrogens is 430 g/mol. The Bertz CT molecular complexity index is 1320. The minimum atomic E-state index is -4.03. The largest absolute Gasteiger partial charge is 0.273 e. The van der Waals surface area contributed by atoms with Crippen LogP contribution in [0.1, 0.15) is 17.0 Å². The lowest BCUT2D eigenvalue weighted by Gasteiger charge is -2.18. The van der Waals surface area contributed by atoms with Crippen molar-refractivity contribution < 1.29 is 13.2 Å². The zero-order chi connectivity index (χ0) is 21.8. The fourth-order valence-electron chi connectivity index (χ4n) is 3.50. The van der Waals surface area contributed by atoms with Gasteiger partial charge in [0.15, 0.2) is 0 Å². The van der Waals surface area contributed by atoms with Gasteiger partial charge in [0.2, 0.25) is 5.91 Å². The number of halogens is 1. The van der Waals surface area contributed by atoms with E-state index in [1.54, 1.807) is 36.4 Å². The Kier molecular flexibility index (Phi) is 6.07. The third-order valence-corrected chi connectivity index (χ3v) is 6.73. The maximum Gasteiger partial charge on any atom is 0.264 e. The molecule has 1 unspecified atom stereocenters. The molecule has 0 heterocycles. The Morgan fingerprint density at radius 2 is 1.45 bits per heavy atom. The second-order valence-corrected chi connectivity index (χ2v) is 9.39. The predicted molar refractivity (Wildman–Crippen MR) is 124 cm³/mol. The molecule has 1 amide bonds. The smallest absolute Gasteiger partial charge is 0.264 e. The van der Waals surface area contributed by atoms with Crippen LogP contribution in [0.15, 0.2) is 102 Å². The molecule has 4 nitrogen and oxygen atoms in total. The molecule has 4 rings (SSSR count). The van der Waals surface area contributed by atoms with Crippen molar-refractivity contribution in [3.63, 3.8) is 0 Å². The number of carbonyl (C=O) groups is 1. The first-order chi connectivity index (χ1) is 14.9. The molecule has 0 fully saturated rings. The molecule has 156 valence electrons. The van der Waals surface area contributed by atoms with Crippen molar-refractivity contribution in [3.8, 4) is 0 Å². The van der Waals surface area contributed by atoms with Crippen LogP contribution >= 0.6 is 11.6 Å². The molecule has 1 N–H and O–H groups in total. The first-order valence-corrected chi connectivity index (χ1v) is 11.6. The quantitative estimate of drug-likeness (QED) is 0.433. The number of hydrogen-bond donors (Lipinski definition) is 1. The highest BCUT2D eigenvalue weighted by atomic mass is 35.5. The summed E-state index contributed by atoms with van der Waals surface area (Å²) in [5.41, 5.74) is 1.63. The highest BCUT2D eigenvalue weighted by molar-refractivity contribution is 7.90. The van der Waals surface area contributed by atoms with Crippen molar-refractivity contribution in [2.45, 2.75) is 17.2 Å². The molecule has 0 spiro atoms. The van der Waals surface area contributed by atoms with Crippen molar-refractivity contribution in [1.29, 1.82) is 0 Å². The van der Waals surface area contributed by atoms with Crippen molar-refractivity contribution in [2.75, 3.05) is 0 Å². The average molecular weight is 450 g/mol. The van der Waals surface area contributed by atoms with E-state index >= 15 is 0 Å². The molecule has 0 aromatic heterocycles. The van der Waals surface area contributed by atoms with Crippen LogP contribution in [0, 0.1) is 0 Å². The Balaban J connectivity index is 1.64. The summed E-state index contributed by atoms with van der Waals surface area (Å²) in [5, 5.41) is 2.26. The van der Waals surface area contributed by atoms with E-state index in [4.69, 9.17) is 11.6 Å². The minimum absolute atomic E-state index is 0.0501. The normalized spacial score (nSPS) is 12.4. The molecule has 4 aromatic carbocycles. The molecule has 0 radical (unpaired) electrons. The van der Waals surface area contributed by atoms with Crippen LogP contribution < -0.4 is 4.72 Å². The zero-order valence-corrected chi connectivity index (χ0v) is 18.1. The van der Waals surface area contributed by atoms with Gasteiger partial charge in [0.1, 0.15) is 0 Å².